The van der Waals surface area contributed by atoms with E-state index in [2.05, 4.69) is 4.98 Å². The number of hydrogen-bond acceptors (Lipinski definition) is 5. The molecule has 1 aliphatic heterocycles. The van der Waals surface area contributed by atoms with Crippen molar-refractivity contribution in [3.05, 3.63) is 29.7 Å². The molecule has 2 aromatic rings. The van der Waals surface area contributed by atoms with Crippen LogP contribution in [-0.4, -0.2) is 35.7 Å². The molecule has 5 nitrogen and oxygen atoms in total. The highest BCUT2D eigenvalue weighted by molar-refractivity contribution is 6.03. The number of oxazole rings is 1. The Morgan fingerprint density at radius 1 is 1.50 bits per heavy atom. The molecule has 1 fully saturated rings. The number of benzene rings is 1. The van der Waals surface area contributed by atoms with E-state index in [4.69, 9.17) is 9.15 Å². The summed E-state index contributed by atoms with van der Waals surface area (Å²) in [6.07, 6.45) is 0. The second-order valence-electron chi connectivity index (χ2n) is 4.68. The number of aliphatic hydroxyl groups excluding tert-OH is 1. The maximum atomic E-state index is 12.3. The number of hydrogen-bond donors (Lipinski definition) is 1. The van der Waals surface area contributed by atoms with Gasteiger partial charge in [-0.05, 0) is 18.2 Å². The fourth-order valence-corrected chi connectivity index (χ4v) is 2.13. The van der Waals surface area contributed by atoms with E-state index >= 15 is 0 Å². The van der Waals surface area contributed by atoms with Crippen molar-refractivity contribution < 1.29 is 19.1 Å². The van der Waals surface area contributed by atoms with Gasteiger partial charge in [0, 0.05) is 12.5 Å². The van der Waals surface area contributed by atoms with Crippen LogP contribution in [0.1, 0.15) is 16.2 Å². The Hall–Kier alpha value is -1.72. The molecule has 1 aromatic carbocycles. The van der Waals surface area contributed by atoms with Gasteiger partial charge in [0.15, 0.2) is 17.3 Å². The highest BCUT2D eigenvalue weighted by Gasteiger charge is 2.45. The van der Waals surface area contributed by atoms with Crippen molar-refractivity contribution in [2.45, 2.75) is 6.92 Å². The summed E-state index contributed by atoms with van der Waals surface area (Å²) in [5.41, 5.74) is 1.07. The van der Waals surface area contributed by atoms with Crippen LogP contribution >= 0.6 is 0 Å². The summed E-state index contributed by atoms with van der Waals surface area (Å²) in [4.78, 5) is 16.5. The zero-order valence-corrected chi connectivity index (χ0v) is 9.97. The van der Waals surface area contributed by atoms with Crippen molar-refractivity contribution in [2.75, 3.05) is 19.8 Å². The summed E-state index contributed by atoms with van der Waals surface area (Å²) in [6, 6.07) is 5.14. The lowest BCUT2D eigenvalue weighted by Crippen LogP contribution is -2.51. The van der Waals surface area contributed by atoms with Crippen LogP contribution in [0.3, 0.4) is 0 Å². The number of rotatable bonds is 3. The van der Waals surface area contributed by atoms with Crippen LogP contribution in [0.5, 0.6) is 0 Å². The Morgan fingerprint density at radius 3 is 2.89 bits per heavy atom. The van der Waals surface area contributed by atoms with E-state index in [9.17, 15) is 9.90 Å². The predicted molar refractivity (Wildman–Crippen MR) is 63.4 cm³/mol. The highest BCUT2D eigenvalue weighted by atomic mass is 16.5. The Morgan fingerprint density at radius 2 is 2.28 bits per heavy atom. The van der Waals surface area contributed by atoms with Gasteiger partial charge < -0.3 is 14.3 Å². The first kappa shape index (κ1) is 11.4. The summed E-state index contributed by atoms with van der Waals surface area (Å²) >= 11 is 0. The average Bonchev–Trinajstić information content (AvgIpc) is 2.67. The molecule has 2 heterocycles. The summed E-state index contributed by atoms with van der Waals surface area (Å²) in [5.74, 6) is 0.464. The molecule has 18 heavy (non-hydrogen) atoms. The molecule has 0 atom stereocenters. The van der Waals surface area contributed by atoms with Gasteiger partial charge in [0.05, 0.1) is 19.8 Å². The van der Waals surface area contributed by atoms with Crippen molar-refractivity contribution in [1.82, 2.24) is 4.98 Å². The summed E-state index contributed by atoms with van der Waals surface area (Å²) < 4.78 is 10.4. The number of carbonyl (C=O) groups is 1. The van der Waals surface area contributed by atoms with Gasteiger partial charge >= 0.3 is 0 Å². The lowest BCUT2D eigenvalue weighted by molar-refractivity contribution is -0.109. The molecule has 94 valence electrons. The first-order valence-electron chi connectivity index (χ1n) is 5.75. The fourth-order valence-electron chi connectivity index (χ4n) is 2.13. The quantitative estimate of drug-likeness (QED) is 0.828. The zero-order chi connectivity index (χ0) is 12.8. The van der Waals surface area contributed by atoms with E-state index in [1.54, 1.807) is 25.1 Å². The third kappa shape index (κ3) is 1.55. The Balaban J connectivity index is 2.01. The van der Waals surface area contributed by atoms with E-state index < -0.39 is 5.41 Å². The minimum Gasteiger partial charge on any atom is -0.441 e. The van der Waals surface area contributed by atoms with Crippen molar-refractivity contribution in [3.63, 3.8) is 0 Å². The predicted octanol–water partition coefficient (Wildman–Crippen LogP) is 1.33. The van der Waals surface area contributed by atoms with Gasteiger partial charge in [-0.3, -0.25) is 4.79 Å². The molecule has 1 N–H and O–H groups in total. The van der Waals surface area contributed by atoms with Crippen LogP contribution in [-0.2, 0) is 4.74 Å². The largest absolute Gasteiger partial charge is 0.441 e. The Labute approximate surface area is 103 Å². The SMILES string of the molecule is Cc1nc2ccc(C(=O)C3(CO)COC3)cc2o1. The van der Waals surface area contributed by atoms with Crippen LogP contribution in [0.15, 0.2) is 22.6 Å². The molecule has 5 heteroatoms. The first-order chi connectivity index (χ1) is 8.64. The van der Waals surface area contributed by atoms with Crippen LogP contribution in [0.25, 0.3) is 11.1 Å². The van der Waals surface area contributed by atoms with Crippen molar-refractivity contribution in [2.24, 2.45) is 5.41 Å². The molecular weight excluding hydrogens is 234 g/mol. The number of ether oxygens (including phenoxy) is 1. The number of ketones is 1. The molecule has 0 unspecified atom stereocenters. The monoisotopic (exact) mass is 247 g/mol. The van der Waals surface area contributed by atoms with Crippen molar-refractivity contribution in [1.29, 1.82) is 0 Å². The van der Waals surface area contributed by atoms with Gasteiger partial charge in [0.1, 0.15) is 10.9 Å². The number of Topliss-reactive ketones (excluding diaryl/α,β-unsaturated/α-hetero) is 1. The highest BCUT2D eigenvalue weighted by Crippen LogP contribution is 2.32. The molecule has 0 saturated carbocycles. The molecule has 3 rings (SSSR count). The van der Waals surface area contributed by atoms with E-state index in [1.165, 1.54) is 0 Å². The number of aromatic nitrogens is 1. The molecule has 0 amide bonds. The molecule has 0 aliphatic carbocycles. The van der Waals surface area contributed by atoms with Crippen molar-refractivity contribution >= 4 is 16.9 Å². The topological polar surface area (TPSA) is 72.6 Å². The minimum absolute atomic E-state index is 0.104. The zero-order valence-electron chi connectivity index (χ0n) is 9.97. The molecule has 1 aromatic heterocycles. The minimum atomic E-state index is -0.775. The maximum absolute atomic E-state index is 12.3. The van der Waals surface area contributed by atoms with Crippen LogP contribution in [0, 0.1) is 12.3 Å². The molecule has 0 spiro atoms. The third-order valence-corrected chi connectivity index (χ3v) is 3.30. The van der Waals surface area contributed by atoms with Gasteiger partial charge in [-0.1, -0.05) is 0 Å². The Bertz CT molecular complexity index is 607. The van der Waals surface area contributed by atoms with Gasteiger partial charge in [0.25, 0.3) is 0 Å². The summed E-state index contributed by atoms with van der Waals surface area (Å²) in [6.45, 7) is 2.11. The van der Waals surface area contributed by atoms with E-state index in [0.29, 0.717) is 17.0 Å². The fraction of sp³-hybridized carbons (Fsp3) is 0.385. The average molecular weight is 247 g/mol. The van der Waals surface area contributed by atoms with Gasteiger partial charge in [-0.2, -0.15) is 0 Å². The van der Waals surface area contributed by atoms with Crippen LogP contribution < -0.4 is 0 Å². The molecule has 1 saturated heterocycles. The molecule has 0 bridgehead atoms. The lowest BCUT2D eigenvalue weighted by atomic mass is 9.79. The van der Waals surface area contributed by atoms with E-state index in [1.807, 2.05) is 0 Å². The smallest absolute Gasteiger partial charge is 0.192 e. The van der Waals surface area contributed by atoms with Gasteiger partial charge in [-0.15, -0.1) is 0 Å². The van der Waals surface area contributed by atoms with Crippen molar-refractivity contribution in [3.8, 4) is 0 Å². The Kier molecular flexibility index (Phi) is 2.46. The summed E-state index contributed by atoms with van der Waals surface area (Å²) in [7, 11) is 0. The second-order valence-corrected chi connectivity index (χ2v) is 4.68. The molecule has 0 radical (unpaired) electrons. The third-order valence-electron chi connectivity index (χ3n) is 3.30. The van der Waals surface area contributed by atoms with E-state index in [0.717, 1.165) is 5.52 Å². The van der Waals surface area contributed by atoms with Gasteiger partial charge in [0.2, 0.25) is 0 Å². The molecular formula is C13H13NO4. The number of aliphatic hydroxyl groups is 1. The number of carbonyl (C=O) groups excluding carboxylic acids is 1. The normalized spacial score (nSPS) is 17.7. The van der Waals surface area contributed by atoms with Crippen LogP contribution in [0.4, 0.5) is 0 Å². The van der Waals surface area contributed by atoms with E-state index in [-0.39, 0.29) is 25.6 Å². The summed E-state index contributed by atoms with van der Waals surface area (Å²) in [5, 5.41) is 9.35. The number of nitrogens with zero attached hydrogens (tertiary/aromatic N) is 1. The maximum Gasteiger partial charge on any atom is 0.192 e. The standard InChI is InChI=1S/C13H13NO4/c1-8-14-10-3-2-9(4-11(10)18-8)12(16)13(5-15)6-17-7-13/h2-4,15H,5-7H2,1H3. The second kappa shape index (κ2) is 3.90. The van der Waals surface area contributed by atoms with Gasteiger partial charge in [-0.25, -0.2) is 4.98 Å². The van der Waals surface area contributed by atoms with Crippen LogP contribution in [0.2, 0.25) is 0 Å². The molecule has 1 aliphatic rings. The number of aryl methyl sites for hydroxylation is 1. The first-order valence-corrected chi connectivity index (χ1v) is 5.75. The lowest BCUT2D eigenvalue weighted by Gasteiger charge is -2.38. The number of fused-ring (bicyclic) bond motifs is 1.